The molecule has 0 aromatic heterocycles. The number of hydrogen-bond donors (Lipinski definition) is 1. The summed E-state index contributed by atoms with van der Waals surface area (Å²) in [5, 5.41) is 9.62. The third-order valence-corrected chi connectivity index (χ3v) is 4.37. The Morgan fingerprint density at radius 3 is 2.50 bits per heavy atom. The van der Waals surface area contributed by atoms with Crippen molar-refractivity contribution in [2.24, 2.45) is 0 Å². The van der Waals surface area contributed by atoms with E-state index in [2.05, 4.69) is 0 Å². The fourth-order valence-corrected chi connectivity index (χ4v) is 3.18. The van der Waals surface area contributed by atoms with E-state index >= 15 is 0 Å². The zero-order chi connectivity index (χ0) is 17.7. The maximum atomic E-state index is 12.7. The summed E-state index contributed by atoms with van der Waals surface area (Å²) in [6, 6.07) is 5.23. The second-order valence-electron chi connectivity index (χ2n) is 5.78. The molecule has 1 saturated heterocycles. The molecule has 2 rings (SSSR count). The summed E-state index contributed by atoms with van der Waals surface area (Å²) in [5.41, 5.74) is -0.538. The lowest BCUT2D eigenvalue weighted by atomic mass is 9.96. The lowest BCUT2D eigenvalue weighted by Crippen LogP contribution is -2.56. The molecule has 1 atom stereocenters. The third kappa shape index (κ3) is 3.31. The van der Waals surface area contributed by atoms with Gasteiger partial charge in [0, 0.05) is 13.7 Å². The maximum Gasteiger partial charge on any atom is 0.332 e. The van der Waals surface area contributed by atoms with Crippen LogP contribution in [0.5, 0.6) is 11.5 Å². The first-order valence-electron chi connectivity index (χ1n) is 7.72. The lowest BCUT2D eigenvalue weighted by molar-refractivity contribution is -0.160. The molecule has 7 heteroatoms. The van der Waals surface area contributed by atoms with Crippen molar-refractivity contribution in [3.05, 3.63) is 23.8 Å². The summed E-state index contributed by atoms with van der Waals surface area (Å²) in [5.74, 6) is -0.151. The number of rotatable bonds is 7. The van der Waals surface area contributed by atoms with Crippen LogP contribution in [-0.4, -0.2) is 61.9 Å². The normalized spacial score (nSPS) is 20.0. The van der Waals surface area contributed by atoms with E-state index in [1.165, 1.54) is 19.1 Å². The topological polar surface area (TPSA) is 85.3 Å². The van der Waals surface area contributed by atoms with Gasteiger partial charge in [0.15, 0.2) is 17.0 Å². The van der Waals surface area contributed by atoms with Gasteiger partial charge in [0.2, 0.25) is 5.91 Å². The number of methoxy groups -OCH3 is 3. The predicted octanol–water partition coefficient (Wildman–Crippen LogP) is 1.34. The monoisotopic (exact) mass is 337 g/mol. The van der Waals surface area contributed by atoms with Crippen LogP contribution in [0, 0.1) is 0 Å². The Balaban J connectivity index is 2.21. The number of carboxylic acids is 1. The number of nitrogens with zero attached hydrogens (tertiary/aromatic N) is 1. The van der Waals surface area contributed by atoms with Crippen molar-refractivity contribution in [3.63, 3.8) is 0 Å². The maximum absolute atomic E-state index is 12.7. The number of amides is 1. The van der Waals surface area contributed by atoms with E-state index in [1.807, 2.05) is 0 Å². The molecule has 0 aliphatic carbocycles. The van der Waals surface area contributed by atoms with Crippen LogP contribution in [-0.2, 0) is 20.7 Å². The molecule has 0 radical (unpaired) electrons. The first-order chi connectivity index (χ1) is 11.5. The Labute approximate surface area is 141 Å². The van der Waals surface area contributed by atoms with Crippen LogP contribution in [0.4, 0.5) is 0 Å². The molecule has 1 unspecified atom stereocenters. The van der Waals surface area contributed by atoms with Crippen molar-refractivity contribution in [1.82, 2.24) is 4.90 Å². The zero-order valence-corrected chi connectivity index (χ0v) is 14.2. The van der Waals surface area contributed by atoms with Gasteiger partial charge >= 0.3 is 5.97 Å². The SMILES string of the molecule is COCC1(C(=O)O)CCCN1C(=O)Cc1ccc(OC)c(OC)c1. The van der Waals surface area contributed by atoms with E-state index in [1.54, 1.807) is 25.3 Å². The molecule has 1 aliphatic rings. The van der Waals surface area contributed by atoms with E-state index in [9.17, 15) is 14.7 Å². The minimum Gasteiger partial charge on any atom is -0.493 e. The number of hydrogen-bond acceptors (Lipinski definition) is 5. The highest BCUT2D eigenvalue weighted by molar-refractivity contribution is 5.89. The molecule has 1 N–H and O–H groups in total. The molecule has 1 heterocycles. The second kappa shape index (κ2) is 7.53. The Morgan fingerprint density at radius 2 is 1.92 bits per heavy atom. The molecule has 1 aromatic carbocycles. The third-order valence-electron chi connectivity index (χ3n) is 4.37. The van der Waals surface area contributed by atoms with E-state index < -0.39 is 11.5 Å². The minimum atomic E-state index is -1.28. The van der Waals surface area contributed by atoms with Crippen LogP contribution in [0.15, 0.2) is 18.2 Å². The van der Waals surface area contributed by atoms with Gasteiger partial charge in [-0.25, -0.2) is 4.79 Å². The smallest absolute Gasteiger partial charge is 0.332 e. The van der Waals surface area contributed by atoms with E-state index in [0.717, 1.165) is 5.56 Å². The molecule has 1 aromatic rings. The van der Waals surface area contributed by atoms with Crippen LogP contribution < -0.4 is 9.47 Å². The summed E-state index contributed by atoms with van der Waals surface area (Å²) in [6.07, 6.45) is 1.14. The summed E-state index contributed by atoms with van der Waals surface area (Å²) < 4.78 is 15.5. The van der Waals surface area contributed by atoms with Crippen LogP contribution in [0.1, 0.15) is 18.4 Å². The number of ether oxygens (including phenoxy) is 3. The molecule has 0 bridgehead atoms. The van der Waals surface area contributed by atoms with E-state index in [-0.39, 0.29) is 18.9 Å². The molecule has 24 heavy (non-hydrogen) atoms. The molecule has 1 aliphatic heterocycles. The van der Waals surface area contributed by atoms with E-state index in [4.69, 9.17) is 14.2 Å². The van der Waals surface area contributed by atoms with Gasteiger partial charge in [-0.3, -0.25) is 4.79 Å². The van der Waals surface area contributed by atoms with Crippen LogP contribution in [0.2, 0.25) is 0 Å². The van der Waals surface area contributed by atoms with Gasteiger partial charge in [-0.05, 0) is 30.5 Å². The molecule has 0 saturated carbocycles. The van der Waals surface area contributed by atoms with Gasteiger partial charge in [-0.15, -0.1) is 0 Å². The number of carboxylic acid groups (broad SMARTS) is 1. The number of benzene rings is 1. The summed E-state index contributed by atoms with van der Waals surface area (Å²) >= 11 is 0. The summed E-state index contributed by atoms with van der Waals surface area (Å²) in [7, 11) is 4.51. The number of carbonyl (C=O) groups excluding carboxylic acids is 1. The quantitative estimate of drug-likeness (QED) is 0.808. The highest BCUT2D eigenvalue weighted by atomic mass is 16.5. The molecular formula is C17H23NO6. The number of carbonyl (C=O) groups is 2. The van der Waals surface area contributed by atoms with Crippen molar-refractivity contribution >= 4 is 11.9 Å². The van der Waals surface area contributed by atoms with Crippen molar-refractivity contribution in [2.75, 3.05) is 34.5 Å². The Morgan fingerprint density at radius 1 is 1.21 bits per heavy atom. The zero-order valence-electron chi connectivity index (χ0n) is 14.2. The fourth-order valence-electron chi connectivity index (χ4n) is 3.18. The Kier molecular flexibility index (Phi) is 5.66. The highest BCUT2D eigenvalue weighted by Crippen LogP contribution is 2.32. The molecule has 132 valence electrons. The van der Waals surface area contributed by atoms with Gasteiger partial charge in [0.1, 0.15) is 0 Å². The molecule has 7 nitrogen and oxygen atoms in total. The van der Waals surface area contributed by atoms with Crippen molar-refractivity contribution in [3.8, 4) is 11.5 Å². The van der Waals surface area contributed by atoms with Crippen molar-refractivity contribution < 1.29 is 28.9 Å². The highest BCUT2D eigenvalue weighted by Gasteiger charge is 2.49. The standard InChI is InChI=1S/C17H23NO6/c1-22-11-17(16(20)21)7-4-8-18(17)15(19)10-12-5-6-13(23-2)14(9-12)24-3/h5-6,9H,4,7-8,10-11H2,1-3H3,(H,20,21). The largest absolute Gasteiger partial charge is 0.493 e. The van der Waals surface area contributed by atoms with Crippen molar-refractivity contribution in [1.29, 1.82) is 0 Å². The molecule has 1 amide bonds. The second-order valence-corrected chi connectivity index (χ2v) is 5.78. The molecule has 0 spiro atoms. The number of aliphatic carboxylic acids is 1. The Bertz CT molecular complexity index is 617. The average molecular weight is 337 g/mol. The first kappa shape index (κ1) is 18.1. The predicted molar refractivity (Wildman–Crippen MR) is 86.4 cm³/mol. The fraction of sp³-hybridized carbons (Fsp3) is 0.529. The van der Waals surface area contributed by atoms with Crippen molar-refractivity contribution in [2.45, 2.75) is 24.8 Å². The molecular weight excluding hydrogens is 314 g/mol. The summed E-state index contributed by atoms with van der Waals surface area (Å²) in [6.45, 7) is 0.405. The van der Waals surface area contributed by atoms with Gasteiger partial charge in [-0.2, -0.15) is 0 Å². The lowest BCUT2D eigenvalue weighted by Gasteiger charge is -2.34. The minimum absolute atomic E-state index is 0.0139. The number of likely N-dealkylation sites (tertiary alicyclic amines) is 1. The van der Waals surface area contributed by atoms with Gasteiger partial charge in [0.05, 0.1) is 27.2 Å². The van der Waals surface area contributed by atoms with Crippen LogP contribution in [0.3, 0.4) is 0 Å². The van der Waals surface area contributed by atoms with Gasteiger partial charge in [0.25, 0.3) is 0 Å². The van der Waals surface area contributed by atoms with Gasteiger partial charge in [-0.1, -0.05) is 6.07 Å². The summed E-state index contributed by atoms with van der Waals surface area (Å²) in [4.78, 5) is 25.9. The average Bonchev–Trinajstić information content (AvgIpc) is 3.00. The van der Waals surface area contributed by atoms with E-state index in [0.29, 0.717) is 30.9 Å². The molecule has 1 fully saturated rings. The van der Waals surface area contributed by atoms with Crippen LogP contribution >= 0.6 is 0 Å². The van der Waals surface area contributed by atoms with Gasteiger partial charge < -0.3 is 24.2 Å². The first-order valence-corrected chi connectivity index (χ1v) is 7.72. The Hall–Kier alpha value is -2.28. The van der Waals surface area contributed by atoms with Crippen LogP contribution in [0.25, 0.3) is 0 Å².